The van der Waals surface area contributed by atoms with Crippen molar-refractivity contribution >= 4 is 27.3 Å². The Balaban J connectivity index is 1.66. The number of halogens is 1. The van der Waals surface area contributed by atoms with Crippen LogP contribution < -0.4 is 14.8 Å². The van der Waals surface area contributed by atoms with Crippen LogP contribution >= 0.6 is 0 Å². The smallest absolute Gasteiger partial charge is 0.255 e. The number of hydrogen-bond acceptors (Lipinski definition) is 4. The highest BCUT2D eigenvalue weighted by Crippen LogP contribution is 2.18. The van der Waals surface area contributed by atoms with E-state index in [2.05, 4.69) is 10.0 Å². The van der Waals surface area contributed by atoms with Crippen LogP contribution in [0.15, 0.2) is 72.8 Å². The lowest BCUT2D eigenvalue weighted by Crippen LogP contribution is -2.14. The third-order valence-corrected chi connectivity index (χ3v) is 4.42. The first kappa shape index (κ1) is 20.3. The summed E-state index contributed by atoms with van der Waals surface area (Å²) in [5, 5.41) is 2.76. The summed E-state index contributed by atoms with van der Waals surface area (Å²) >= 11 is 0. The molecule has 2 N–H and O–H groups in total. The maximum Gasteiger partial charge on any atom is 0.255 e. The predicted molar refractivity (Wildman–Crippen MR) is 110 cm³/mol. The average Bonchev–Trinajstić information content (AvgIpc) is 2.66. The Bertz CT molecular complexity index is 1130. The van der Waals surface area contributed by atoms with Crippen LogP contribution in [0.3, 0.4) is 0 Å². The number of amides is 1. The molecule has 0 fully saturated rings. The minimum atomic E-state index is -3.44. The molecule has 0 aliphatic heterocycles. The zero-order valence-corrected chi connectivity index (χ0v) is 16.4. The molecule has 0 aliphatic carbocycles. The van der Waals surface area contributed by atoms with Gasteiger partial charge in [0.15, 0.2) is 0 Å². The van der Waals surface area contributed by atoms with E-state index in [0.717, 1.165) is 11.8 Å². The summed E-state index contributed by atoms with van der Waals surface area (Å²) in [7, 11) is -3.44. The lowest BCUT2D eigenvalue weighted by Gasteiger charge is -2.10. The Kier molecular flexibility index (Phi) is 6.13. The molecule has 3 aromatic carbocycles. The molecule has 0 aromatic heterocycles. The molecule has 0 atom stereocenters. The first-order valence-electron chi connectivity index (χ1n) is 8.65. The molecule has 3 rings (SSSR count). The monoisotopic (exact) mass is 414 g/mol. The summed E-state index contributed by atoms with van der Waals surface area (Å²) in [5.41, 5.74) is 1.95. The van der Waals surface area contributed by atoms with Crippen molar-refractivity contribution in [3.8, 4) is 5.75 Å². The fourth-order valence-corrected chi connectivity index (χ4v) is 3.16. The lowest BCUT2D eigenvalue weighted by atomic mass is 10.1. The number of carbonyl (C=O) groups excluding carboxylic acids is 1. The van der Waals surface area contributed by atoms with Crippen molar-refractivity contribution in [3.05, 3.63) is 89.7 Å². The number of nitrogens with one attached hydrogen (secondary N) is 2. The Morgan fingerprint density at radius 3 is 2.45 bits per heavy atom. The van der Waals surface area contributed by atoms with Crippen molar-refractivity contribution in [2.24, 2.45) is 0 Å². The van der Waals surface area contributed by atoms with Gasteiger partial charge in [-0.25, -0.2) is 12.8 Å². The number of anilines is 2. The molecule has 3 aromatic rings. The van der Waals surface area contributed by atoms with Gasteiger partial charge < -0.3 is 10.1 Å². The van der Waals surface area contributed by atoms with E-state index in [0.29, 0.717) is 22.7 Å². The maximum absolute atomic E-state index is 13.2. The molecule has 0 heterocycles. The molecule has 150 valence electrons. The van der Waals surface area contributed by atoms with Crippen LogP contribution in [0.5, 0.6) is 5.75 Å². The molecular formula is C21H19FN2O4S. The SMILES string of the molecule is CS(=O)(=O)Nc1cccc(C(=O)Nc2cccc(COc3cccc(F)c3)c2)c1. The zero-order chi connectivity index (χ0) is 20.9. The first-order chi connectivity index (χ1) is 13.8. The third-order valence-electron chi connectivity index (χ3n) is 3.81. The van der Waals surface area contributed by atoms with Gasteiger partial charge in [0.05, 0.1) is 6.26 Å². The Morgan fingerprint density at radius 1 is 0.966 bits per heavy atom. The number of carbonyl (C=O) groups is 1. The molecule has 0 radical (unpaired) electrons. The van der Waals surface area contributed by atoms with Gasteiger partial charge in [-0.1, -0.05) is 24.3 Å². The van der Waals surface area contributed by atoms with Crippen molar-refractivity contribution in [2.45, 2.75) is 6.61 Å². The van der Waals surface area contributed by atoms with Gasteiger partial charge >= 0.3 is 0 Å². The second-order valence-electron chi connectivity index (χ2n) is 6.36. The number of sulfonamides is 1. The van der Waals surface area contributed by atoms with E-state index in [-0.39, 0.29) is 18.3 Å². The van der Waals surface area contributed by atoms with Crippen LogP contribution in [0.1, 0.15) is 15.9 Å². The average molecular weight is 414 g/mol. The summed E-state index contributed by atoms with van der Waals surface area (Å²) in [6, 6.07) is 19.1. The highest BCUT2D eigenvalue weighted by Gasteiger charge is 2.09. The van der Waals surface area contributed by atoms with Crippen molar-refractivity contribution in [2.75, 3.05) is 16.3 Å². The molecule has 0 bridgehead atoms. The molecule has 6 nitrogen and oxygen atoms in total. The van der Waals surface area contributed by atoms with Crippen LogP contribution in [0.2, 0.25) is 0 Å². The normalized spacial score (nSPS) is 11.0. The third kappa shape index (κ3) is 6.32. The fraction of sp³-hybridized carbons (Fsp3) is 0.0952. The van der Waals surface area contributed by atoms with Crippen LogP contribution in [-0.4, -0.2) is 20.6 Å². The van der Waals surface area contributed by atoms with Gasteiger partial charge in [-0.2, -0.15) is 0 Å². The number of ether oxygens (including phenoxy) is 1. The van der Waals surface area contributed by atoms with Crippen molar-refractivity contribution < 1.29 is 22.3 Å². The van der Waals surface area contributed by atoms with Gasteiger partial charge in [0.25, 0.3) is 5.91 Å². The summed E-state index contributed by atoms with van der Waals surface area (Å²) in [6.45, 7) is 0.209. The fourth-order valence-electron chi connectivity index (χ4n) is 2.60. The standard InChI is InChI=1S/C21H19FN2O4S/c1-29(26,27)24-19-9-3-6-16(12-19)21(25)23-18-8-2-5-15(11-18)14-28-20-10-4-7-17(22)13-20/h2-13,24H,14H2,1H3,(H,23,25). The largest absolute Gasteiger partial charge is 0.489 e. The number of rotatable bonds is 7. The number of hydrogen-bond donors (Lipinski definition) is 2. The topological polar surface area (TPSA) is 84.5 Å². The minimum Gasteiger partial charge on any atom is -0.489 e. The van der Waals surface area contributed by atoms with E-state index in [1.165, 1.54) is 18.2 Å². The molecule has 0 spiro atoms. The highest BCUT2D eigenvalue weighted by molar-refractivity contribution is 7.92. The zero-order valence-electron chi connectivity index (χ0n) is 15.6. The van der Waals surface area contributed by atoms with Crippen molar-refractivity contribution in [1.29, 1.82) is 0 Å². The van der Waals surface area contributed by atoms with Crippen LogP contribution in [0, 0.1) is 5.82 Å². The summed E-state index contributed by atoms with van der Waals surface area (Å²) in [5.74, 6) is -0.351. The molecule has 0 unspecified atom stereocenters. The second-order valence-corrected chi connectivity index (χ2v) is 8.10. The molecule has 29 heavy (non-hydrogen) atoms. The predicted octanol–water partition coefficient (Wildman–Crippen LogP) is 4.03. The van der Waals surface area contributed by atoms with Gasteiger partial charge in [-0.3, -0.25) is 9.52 Å². The maximum atomic E-state index is 13.2. The first-order valence-corrected chi connectivity index (χ1v) is 10.5. The quantitative estimate of drug-likeness (QED) is 0.611. The van der Waals surface area contributed by atoms with Crippen LogP contribution in [0.25, 0.3) is 0 Å². The molecule has 8 heteroatoms. The van der Waals surface area contributed by atoms with Crippen LogP contribution in [0.4, 0.5) is 15.8 Å². The molecule has 0 saturated carbocycles. The van der Waals surface area contributed by atoms with E-state index >= 15 is 0 Å². The van der Waals surface area contributed by atoms with Gasteiger partial charge in [-0.15, -0.1) is 0 Å². The van der Waals surface area contributed by atoms with E-state index < -0.39 is 10.0 Å². The van der Waals surface area contributed by atoms with E-state index in [9.17, 15) is 17.6 Å². The molecule has 0 aliphatic rings. The van der Waals surface area contributed by atoms with E-state index in [1.807, 2.05) is 6.07 Å². The van der Waals surface area contributed by atoms with Gasteiger partial charge in [-0.05, 0) is 48.0 Å². The summed E-state index contributed by atoms with van der Waals surface area (Å²) in [4.78, 5) is 12.5. The van der Waals surface area contributed by atoms with Gasteiger partial charge in [0.1, 0.15) is 18.2 Å². The lowest BCUT2D eigenvalue weighted by molar-refractivity contribution is 0.102. The Labute approximate surface area is 168 Å². The summed E-state index contributed by atoms with van der Waals surface area (Å²) < 4.78 is 43.8. The number of benzene rings is 3. The Morgan fingerprint density at radius 2 is 1.69 bits per heavy atom. The summed E-state index contributed by atoms with van der Waals surface area (Å²) in [6.07, 6.45) is 1.04. The highest BCUT2D eigenvalue weighted by atomic mass is 32.2. The van der Waals surface area contributed by atoms with E-state index in [1.54, 1.807) is 48.5 Å². The van der Waals surface area contributed by atoms with E-state index in [4.69, 9.17) is 4.74 Å². The molecular weight excluding hydrogens is 395 g/mol. The molecule has 0 saturated heterocycles. The second kappa shape index (κ2) is 8.74. The Hall–Kier alpha value is -3.39. The minimum absolute atomic E-state index is 0.209. The van der Waals surface area contributed by atoms with Crippen LogP contribution in [-0.2, 0) is 16.6 Å². The van der Waals surface area contributed by atoms with Gasteiger partial charge in [0, 0.05) is 23.0 Å². The van der Waals surface area contributed by atoms with Gasteiger partial charge in [0.2, 0.25) is 10.0 Å². The molecule has 1 amide bonds. The van der Waals surface area contributed by atoms with Crippen molar-refractivity contribution in [3.63, 3.8) is 0 Å². The van der Waals surface area contributed by atoms with Crippen molar-refractivity contribution in [1.82, 2.24) is 0 Å².